The number of carbonyl (C=O) groups is 1. The second-order valence-electron chi connectivity index (χ2n) is 6.11. The third kappa shape index (κ3) is 4.11. The molecule has 0 aliphatic carbocycles. The van der Waals surface area contributed by atoms with Crippen molar-refractivity contribution < 1.29 is 14.6 Å². The molecular weight excluding hydrogens is 412 g/mol. The van der Waals surface area contributed by atoms with Crippen LogP contribution in [0.5, 0.6) is 11.6 Å². The monoisotopic (exact) mass is 428 g/mol. The molecule has 0 aliphatic rings. The molecule has 9 nitrogen and oxygen atoms in total. The van der Waals surface area contributed by atoms with Gasteiger partial charge in [0, 0.05) is 0 Å². The fourth-order valence-corrected chi connectivity index (χ4v) is 2.94. The molecule has 0 aliphatic heterocycles. The van der Waals surface area contributed by atoms with Crippen LogP contribution in [-0.4, -0.2) is 33.4 Å². The van der Waals surface area contributed by atoms with E-state index in [9.17, 15) is 19.5 Å². The first-order valence-corrected chi connectivity index (χ1v) is 9.03. The van der Waals surface area contributed by atoms with E-state index < -0.39 is 23.0 Å². The van der Waals surface area contributed by atoms with Gasteiger partial charge in [-0.1, -0.05) is 23.7 Å². The summed E-state index contributed by atoms with van der Waals surface area (Å²) in [5.74, 6) is -0.669. The number of hydrogen-bond donors (Lipinski definition) is 3. The first-order chi connectivity index (χ1) is 14.3. The Morgan fingerprint density at radius 2 is 1.83 bits per heavy atom. The quantitative estimate of drug-likeness (QED) is 0.423. The number of methoxy groups -OCH3 is 1. The van der Waals surface area contributed by atoms with Crippen molar-refractivity contribution in [1.82, 2.24) is 15.0 Å². The van der Waals surface area contributed by atoms with Crippen molar-refractivity contribution in [3.8, 4) is 17.3 Å². The second-order valence-corrected chi connectivity index (χ2v) is 6.52. The predicted molar refractivity (Wildman–Crippen MR) is 112 cm³/mol. The number of aromatic hydroxyl groups is 1. The maximum absolute atomic E-state index is 12.3. The zero-order chi connectivity index (χ0) is 21.8. The van der Waals surface area contributed by atoms with Gasteiger partial charge in [0.2, 0.25) is 5.88 Å². The summed E-state index contributed by atoms with van der Waals surface area (Å²) < 4.78 is 5.98. The summed E-state index contributed by atoms with van der Waals surface area (Å²) in [5.41, 5.74) is 0.789. The van der Waals surface area contributed by atoms with Crippen molar-refractivity contribution in [2.24, 2.45) is 5.10 Å². The lowest BCUT2D eigenvalue weighted by Gasteiger charge is -2.12. The molecule has 3 aromatic rings. The summed E-state index contributed by atoms with van der Waals surface area (Å²) >= 11 is 5.98. The number of rotatable bonds is 5. The second kappa shape index (κ2) is 8.66. The van der Waals surface area contributed by atoms with Crippen molar-refractivity contribution in [2.45, 2.75) is 6.92 Å². The zero-order valence-corrected chi connectivity index (χ0v) is 16.7. The van der Waals surface area contributed by atoms with Gasteiger partial charge in [-0.2, -0.15) is 5.10 Å². The van der Waals surface area contributed by atoms with Gasteiger partial charge in [0.25, 0.3) is 11.5 Å². The highest BCUT2D eigenvalue weighted by Gasteiger charge is 2.18. The number of hydrazone groups is 1. The maximum Gasteiger partial charge on any atom is 0.335 e. The standard InChI is InChI=1S/C20H17ClN4O5/c1-11(23-24-17(26)14-5-3-4-6-15(14)21)16-18(27)22-20(29)25(19(16)28)12-7-9-13(30-2)10-8-12/h3-10,28H,1-2H3,(H,24,26)(H,22,27,29)/b23-11-. The Labute approximate surface area is 175 Å². The molecule has 10 heteroatoms. The van der Waals surface area contributed by atoms with Gasteiger partial charge in [0.05, 0.1) is 29.1 Å². The molecule has 3 N–H and O–H groups in total. The van der Waals surface area contributed by atoms with Crippen LogP contribution in [0.25, 0.3) is 5.69 Å². The number of H-pyrrole nitrogens is 1. The summed E-state index contributed by atoms with van der Waals surface area (Å²) in [6.07, 6.45) is 0. The molecule has 1 aromatic heterocycles. The van der Waals surface area contributed by atoms with E-state index in [1.165, 1.54) is 32.2 Å². The van der Waals surface area contributed by atoms with Crippen molar-refractivity contribution in [1.29, 1.82) is 0 Å². The van der Waals surface area contributed by atoms with Gasteiger partial charge in [-0.3, -0.25) is 14.6 Å². The number of nitrogens with one attached hydrogen (secondary N) is 2. The van der Waals surface area contributed by atoms with Crippen molar-refractivity contribution >= 4 is 23.2 Å². The Balaban J connectivity index is 2.00. The van der Waals surface area contributed by atoms with Gasteiger partial charge in [-0.05, 0) is 43.3 Å². The number of nitrogens with zero attached hydrogens (tertiary/aromatic N) is 2. The topological polar surface area (TPSA) is 126 Å². The largest absolute Gasteiger partial charge is 0.497 e. The lowest BCUT2D eigenvalue weighted by molar-refractivity contribution is 0.0955. The Hall–Kier alpha value is -3.85. The number of aromatic amines is 1. The van der Waals surface area contributed by atoms with Crippen LogP contribution in [0, 0.1) is 0 Å². The molecule has 154 valence electrons. The molecular formula is C20H17ClN4O5. The predicted octanol–water partition coefficient (Wildman–Crippen LogP) is 2.05. The Kier molecular flexibility index (Phi) is 6.03. The van der Waals surface area contributed by atoms with Crippen LogP contribution < -0.4 is 21.4 Å². The number of carbonyl (C=O) groups excluding carboxylic acids is 1. The highest BCUT2D eigenvalue weighted by Crippen LogP contribution is 2.20. The fraction of sp³-hybridized carbons (Fsp3) is 0.100. The van der Waals surface area contributed by atoms with Crippen LogP contribution in [-0.2, 0) is 0 Å². The van der Waals surface area contributed by atoms with Crippen LogP contribution in [0.1, 0.15) is 22.8 Å². The fourth-order valence-electron chi connectivity index (χ4n) is 2.72. The summed E-state index contributed by atoms with van der Waals surface area (Å²) in [6, 6.07) is 12.6. The van der Waals surface area contributed by atoms with Gasteiger partial charge in [0.1, 0.15) is 11.3 Å². The van der Waals surface area contributed by atoms with Gasteiger partial charge in [-0.25, -0.2) is 14.8 Å². The van der Waals surface area contributed by atoms with Crippen LogP contribution in [0.2, 0.25) is 5.02 Å². The number of amides is 1. The molecule has 0 saturated carbocycles. The molecule has 1 amide bonds. The molecule has 0 bridgehead atoms. The number of ether oxygens (including phenoxy) is 1. The summed E-state index contributed by atoms with van der Waals surface area (Å²) in [6.45, 7) is 1.40. The molecule has 0 radical (unpaired) electrons. The number of benzene rings is 2. The van der Waals surface area contributed by atoms with Gasteiger partial charge >= 0.3 is 5.69 Å². The van der Waals surface area contributed by atoms with E-state index in [-0.39, 0.29) is 21.9 Å². The highest BCUT2D eigenvalue weighted by molar-refractivity contribution is 6.33. The van der Waals surface area contributed by atoms with Gasteiger partial charge in [0.15, 0.2) is 0 Å². The molecule has 30 heavy (non-hydrogen) atoms. The molecule has 0 saturated heterocycles. The third-order valence-corrected chi connectivity index (χ3v) is 4.55. The highest BCUT2D eigenvalue weighted by atomic mass is 35.5. The Bertz CT molecular complexity index is 1250. The van der Waals surface area contributed by atoms with E-state index in [1.807, 2.05) is 0 Å². The summed E-state index contributed by atoms with van der Waals surface area (Å²) in [5, 5.41) is 14.7. The normalized spacial score (nSPS) is 11.2. The lowest BCUT2D eigenvalue weighted by Crippen LogP contribution is -2.33. The Morgan fingerprint density at radius 1 is 1.17 bits per heavy atom. The minimum atomic E-state index is -0.851. The van der Waals surface area contributed by atoms with Crippen LogP contribution in [0.4, 0.5) is 0 Å². The minimum absolute atomic E-state index is 0.0172. The van der Waals surface area contributed by atoms with Crippen LogP contribution >= 0.6 is 11.6 Å². The zero-order valence-electron chi connectivity index (χ0n) is 16.0. The van der Waals surface area contributed by atoms with E-state index in [2.05, 4.69) is 15.5 Å². The van der Waals surface area contributed by atoms with E-state index in [0.29, 0.717) is 11.4 Å². The van der Waals surface area contributed by atoms with Crippen LogP contribution in [0.15, 0.2) is 63.2 Å². The molecule has 3 rings (SSSR count). The maximum atomic E-state index is 12.3. The molecule has 0 unspecified atom stereocenters. The molecule has 0 fully saturated rings. The van der Waals surface area contributed by atoms with Crippen LogP contribution in [0.3, 0.4) is 0 Å². The summed E-state index contributed by atoms with van der Waals surface area (Å²) in [4.78, 5) is 38.9. The van der Waals surface area contributed by atoms with Crippen molar-refractivity contribution in [3.05, 3.63) is 85.5 Å². The average molecular weight is 429 g/mol. The third-order valence-electron chi connectivity index (χ3n) is 4.22. The SMILES string of the molecule is COc1ccc(-n2c(O)c(/C(C)=N\NC(=O)c3ccccc3Cl)c(=O)[nH]c2=O)cc1. The Morgan fingerprint density at radius 3 is 2.47 bits per heavy atom. The molecule has 0 atom stereocenters. The summed E-state index contributed by atoms with van der Waals surface area (Å²) in [7, 11) is 1.49. The van der Waals surface area contributed by atoms with E-state index in [4.69, 9.17) is 16.3 Å². The van der Waals surface area contributed by atoms with Crippen molar-refractivity contribution in [3.63, 3.8) is 0 Å². The smallest absolute Gasteiger partial charge is 0.335 e. The van der Waals surface area contributed by atoms with E-state index in [1.54, 1.807) is 30.3 Å². The molecule has 1 heterocycles. The molecule has 2 aromatic carbocycles. The van der Waals surface area contributed by atoms with Crippen molar-refractivity contribution in [2.75, 3.05) is 7.11 Å². The van der Waals surface area contributed by atoms with Gasteiger partial charge < -0.3 is 9.84 Å². The van der Waals surface area contributed by atoms with Gasteiger partial charge in [-0.15, -0.1) is 0 Å². The minimum Gasteiger partial charge on any atom is -0.497 e. The van der Waals surface area contributed by atoms with E-state index in [0.717, 1.165) is 4.57 Å². The molecule has 0 spiro atoms. The number of aromatic nitrogens is 2. The number of halogens is 1. The first kappa shape index (κ1) is 20.9. The van der Waals surface area contributed by atoms with E-state index >= 15 is 0 Å². The average Bonchev–Trinajstić information content (AvgIpc) is 2.72. The first-order valence-electron chi connectivity index (χ1n) is 8.65. The lowest BCUT2D eigenvalue weighted by atomic mass is 10.2. The number of hydrogen-bond acceptors (Lipinski definition) is 6.